The van der Waals surface area contributed by atoms with Gasteiger partial charge in [0.1, 0.15) is 4.90 Å². The summed E-state index contributed by atoms with van der Waals surface area (Å²) >= 11 is 8.58. The normalized spacial score (nSPS) is 11.3. The van der Waals surface area contributed by atoms with Crippen molar-refractivity contribution in [2.45, 2.75) is 4.90 Å². The first-order valence-electron chi connectivity index (χ1n) is 5.32. The molecule has 0 saturated carbocycles. The number of nitrogen functional groups attached to an aromatic ring is 1. The summed E-state index contributed by atoms with van der Waals surface area (Å²) in [6, 6.07) is 10.2. The minimum atomic E-state index is -3.71. The van der Waals surface area contributed by atoms with E-state index >= 15 is 0 Å². The summed E-state index contributed by atoms with van der Waals surface area (Å²) < 4.78 is 29.2. The number of anilines is 2. The van der Waals surface area contributed by atoms with Crippen molar-refractivity contribution >= 4 is 75.8 Å². The quantitative estimate of drug-likeness (QED) is 0.461. The molecule has 0 radical (unpaired) electrons. The minimum Gasteiger partial charge on any atom is -0.399 e. The third-order valence-corrected chi connectivity index (χ3v) is 6.29. The highest BCUT2D eigenvalue weighted by molar-refractivity contribution is 14.1. The lowest BCUT2D eigenvalue weighted by Gasteiger charge is -2.12. The van der Waals surface area contributed by atoms with Gasteiger partial charge in [-0.25, -0.2) is 8.42 Å². The SMILES string of the molecule is Nc1cc(Br)c(S(=O)(=O)Nc2cccc(I)c2)c(Br)c1. The van der Waals surface area contributed by atoms with Crippen LogP contribution in [0.5, 0.6) is 0 Å². The molecule has 4 nitrogen and oxygen atoms in total. The van der Waals surface area contributed by atoms with Crippen LogP contribution in [-0.2, 0) is 10.0 Å². The number of hydrogen-bond acceptors (Lipinski definition) is 3. The first kappa shape index (κ1) is 16.1. The van der Waals surface area contributed by atoms with Crippen LogP contribution in [0.4, 0.5) is 11.4 Å². The summed E-state index contributed by atoms with van der Waals surface area (Å²) in [5.41, 5.74) is 6.64. The van der Waals surface area contributed by atoms with Gasteiger partial charge in [-0.2, -0.15) is 0 Å². The fourth-order valence-corrected chi connectivity index (χ4v) is 5.81. The second-order valence-electron chi connectivity index (χ2n) is 3.93. The molecule has 106 valence electrons. The van der Waals surface area contributed by atoms with E-state index in [0.717, 1.165) is 3.57 Å². The van der Waals surface area contributed by atoms with Crippen molar-refractivity contribution < 1.29 is 8.42 Å². The predicted octanol–water partition coefficient (Wildman–Crippen LogP) is 4.20. The minimum absolute atomic E-state index is 0.116. The Morgan fingerprint density at radius 1 is 1.10 bits per heavy atom. The van der Waals surface area contributed by atoms with Crippen LogP contribution >= 0.6 is 54.5 Å². The van der Waals surface area contributed by atoms with Crippen molar-refractivity contribution in [3.8, 4) is 0 Å². The number of benzene rings is 2. The van der Waals surface area contributed by atoms with Gasteiger partial charge in [-0.15, -0.1) is 0 Å². The van der Waals surface area contributed by atoms with Gasteiger partial charge in [0.15, 0.2) is 0 Å². The van der Waals surface area contributed by atoms with E-state index in [1.807, 2.05) is 6.07 Å². The Morgan fingerprint density at radius 3 is 2.25 bits per heavy atom. The van der Waals surface area contributed by atoms with E-state index in [0.29, 0.717) is 20.3 Å². The summed E-state index contributed by atoms with van der Waals surface area (Å²) in [7, 11) is -3.71. The molecule has 0 bridgehead atoms. The Labute approximate surface area is 147 Å². The molecule has 8 heteroatoms. The lowest BCUT2D eigenvalue weighted by Crippen LogP contribution is -2.14. The monoisotopic (exact) mass is 530 g/mol. The highest BCUT2D eigenvalue weighted by atomic mass is 127. The van der Waals surface area contributed by atoms with E-state index in [4.69, 9.17) is 5.73 Å². The summed E-state index contributed by atoms with van der Waals surface area (Å²) in [6.07, 6.45) is 0. The van der Waals surface area contributed by atoms with Gasteiger partial charge < -0.3 is 5.73 Å². The number of hydrogen-bond donors (Lipinski definition) is 2. The predicted molar refractivity (Wildman–Crippen MR) is 96.2 cm³/mol. The average Bonchev–Trinajstić information content (AvgIpc) is 2.25. The van der Waals surface area contributed by atoms with Crippen LogP contribution in [0.1, 0.15) is 0 Å². The molecule has 2 aromatic rings. The van der Waals surface area contributed by atoms with Crippen molar-refractivity contribution in [3.63, 3.8) is 0 Å². The number of nitrogens with one attached hydrogen (secondary N) is 1. The van der Waals surface area contributed by atoms with Gasteiger partial charge in [-0.05, 0) is 84.8 Å². The van der Waals surface area contributed by atoms with Crippen LogP contribution < -0.4 is 10.5 Å². The number of halogens is 3. The van der Waals surface area contributed by atoms with Crippen molar-refractivity contribution in [3.05, 3.63) is 48.9 Å². The van der Waals surface area contributed by atoms with E-state index in [1.54, 1.807) is 30.3 Å². The van der Waals surface area contributed by atoms with Crippen LogP contribution in [0.25, 0.3) is 0 Å². The molecule has 0 amide bonds. The van der Waals surface area contributed by atoms with Crippen LogP contribution in [-0.4, -0.2) is 8.42 Å². The highest BCUT2D eigenvalue weighted by Crippen LogP contribution is 2.33. The van der Waals surface area contributed by atoms with Gasteiger partial charge in [-0.3, -0.25) is 4.72 Å². The van der Waals surface area contributed by atoms with Gasteiger partial charge in [-0.1, -0.05) is 6.07 Å². The van der Waals surface area contributed by atoms with Crippen LogP contribution in [0.3, 0.4) is 0 Å². The molecule has 0 spiro atoms. The molecule has 2 rings (SSSR count). The van der Waals surface area contributed by atoms with E-state index in [2.05, 4.69) is 59.2 Å². The maximum atomic E-state index is 12.5. The molecule has 0 aliphatic heterocycles. The van der Waals surface area contributed by atoms with Gasteiger partial charge in [0.2, 0.25) is 0 Å². The summed E-state index contributed by atoms with van der Waals surface area (Å²) in [6.45, 7) is 0. The maximum absolute atomic E-state index is 12.5. The Morgan fingerprint density at radius 2 is 1.70 bits per heavy atom. The molecule has 0 heterocycles. The van der Waals surface area contributed by atoms with Gasteiger partial charge in [0, 0.05) is 23.9 Å². The first-order valence-corrected chi connectivity index (χ1v) is 9.47. The number of nitrogens with two attached hydrogens (primary N) is 1. The molecule has 20 heavy (non-hydrogen) atoms. The zero-order chi connectivity index (χ0) is 14.9. The summed E-state index contributed by atoms with van der Waals surface area (Å²) in [5, 5.41) is 0. The van der Waals surface area contributed by atoms with Gasteiger partial charge in [0.25, 0.3) is 10.0 Å². The maximum Gasteiger partial charge on any atom is 0.264 e. The van der Waals surface area contributed by atoms with Crippen LogP contribution in [0.2, 0.25) is 0 Å². The second kappa shape index (κ2) is 6.20. The lowest BCUT2D eigenvalue weighted by atomic mass is 10.3. The molecular formula is C12H9Br2IN2O2S. The topological polar surface area (TPSA) is 72.2 Å². The van der Waals surface area contributed by atoms with Crippen molar-refractivity contribution in [2.75, 3.05) is 10.5 Å². The van der Waals surface area contributed by atoms with Gasteiger partial charge >= 0.3 is 0 Å². The van der Waals surface area contributed by atoms with Gasteiger partial charge in [0.05, 0.1) is 0 Å². The molecule has 2 aromatic carbocycles. The molecule has 0 aliphatic carbocycles. The van der Waals surface area contributed by atoms with Crippen molar-refractivity contribution in [2.24, 2.45) is 0 Å². The molecule has 3 N–H and O–H groups in total. The Bertz CT molecular complexity index is 743. The first-order chi connectivity index (χ1) is 9.29. The summed E-state index contributed by atoms with van der Waals surface area (Å²) in [5.74, 6) is 0. The van der Waals surface area contributed by atoms with Crippen molar-refractivity contribution in [1.29, 1.82) is 0 Å². The van der Waals surface area contributed by atoms with Crippen LogP contribution in [0, 0.1) is 3.57 Å². The smallest absolute Gasteiger partial charge is 0.264 e. The molecule has 0 aromatic heterocycles. The standard InChI is InChI=1S/C12H9Br2IN2O2S/c13-10-5-8(16)6-11(14)12(10)20(18,19)17-9-3-1-2-7(15)4-9/h1-6,17H,16H2. The molecule has 0 atom stereocenters. The third-order valence-electron chi connectivity index (χ3n) is 2.37. The largest absolute Gasteiger partial charge is 0.399 e. The third kappa shape index (κ3) is 3.66. The summed E-state index contributed by atoms with van der Waals surface area (Å²) in [4.78, 5) is 0.116. The fraction of sp³-hybridized carbons (Fsp3) is 0. The van der Waals surface area contributed by atoms with Crippen molar-refractivity contribution in [1.82, 2.24) is 0 Å². The molecular weight excluding hydrogens is 523 g/mol. The Balaban J connectivity index is 2.46. The molecule has 0 saturated heterocycles. The van der Waals surface area contributed by atoms with E-state index < -0.39 is 10.0 Å². The number of rotatable bonds is 3. The lowest BCUT2D eigenvalue weighted by molar-refractivity contribution is 0.600. The fourth-order valence-electron chi connectivity index (χ4n) is 1.59. The van der Waals surface area contributed by atoms with Crippen LogP contribution in [0.15, 0.2) is 50.2 Å². The molecule has 0 unspecified atom stereocenters. The highest BCUT2D eigenvalue weighted by Gasteiger charge is 2.22. The zero-order valence-corrected chi connectivity index (χ0v) is 16.0. The Hall–Kier alpha value is -0.320. The number of sulfonamides is 1. The van der Waals surface area contributed by atoms with E-state index in [1.165, 1.54) is 0 Å². The van der Waals surface area contributed by atoms with E-state index in [9.17, 15) is 8.42 Å². The second-order valence-corrected chi connectivity index (χ2v) is 8.50. The Kier molecular flexibility index (Phi) is 4.98. The average molecular weight is 532 g/mol. The van der Waals surface area contributed by atoms with E-state index in [-0.39, 0.29) is 4.90 Å². The molecule has 0 aliphatic rings. The molecule has 0 fully saturated rings. The zero-order valence-electron chi connectivity index (χ0n) is 9.90.